The van der Waals surface area contributed by atoms with E-state index in [4.69, 9.17) is 11.6 Å². The molecule has 1 rings (SSSR count). The number of nitrogens with zero attached hydrogens (tertiary/aromatic N) is 1. The van der Waals surface area contributed by atoms with Gasteiger partial charge in [0.2, 0.25) is 0 Å². The molecule has 0 fully saturated rings. The Morgan fingerprint density at radius 1 is 1.31 bits per heavy atom. The molecule has 2 N–H and O–H groups in total. The molecule has 0 aliphatic carbocycles. The van der Waals surface area contributed by atoms with Crippen molar-refractivity contribution in [2.24, 2.45) is 5.18 Å². The summed E-state index contributed by atoms with van der Waals surface area (Å²) in [5.41, 5.74) is -1.62. The van der Waals surface area contributed by atoms with Crippen molar-refractivity contribution >= 4 is 17.3 Å². The molecule has 0 atom stereocenters. The number of rotatable bonds is 3. The van der Waals surface area contributed by atoms with E-state index in [0.29, 0.717) is 0 Å². The van der Waals surface area contributed by atoms with E-state index in [1.165, 1.54) is 0 Å². The van der Waals surface area contributed by atoms with Crippen LogP contribution in [0.5, 0.6) is 0 Å². The summed E-state index contributed by atoms with van der Waals surface area (Å²) < 4.78 is 0. The minimum absolute atomic E-state index is 0.166. The molecule has 0 spiro atoms. The molecule has 0 unspecified atom stereocenters. The molecule has 0 aliphatic heterocycles. The molecule has 0 amide bonds. The lowest BCUT2D eigenvalue weighted by atomic mass is 10.3. The third-order valence-electron chi connectivity index (χ3n) is 1.43. The third kappa shape index (κ3) is 2.03. The van der Waals surface area contributed by atoms with E-state index < -0.39 is 11.2 Å². The maximum Gasteiger partial charge on any atom is 0.326 e. The van der Waals surface area contributed by atoms with Gasteiger partial charge in [0.05, 0.1) is 5.69 Å². The highest BCUT2D eigenvalue weighted by Crippen LogP contribution is 2.08. The lowest BCUT2D eigenvalue weighted by Gasteiger charge is -1.97. The molecule has 1 aromatic heterocycles. The summed E-state index contributed by atoms with van der Waals surface area (Å²) in [4.78, 5) is 36.1. The SMILES string of the molecule is O=Nc1c(CCCl)[nH]c(=O)[nH]c1=O. The maximum atomic E-state index is 11.0. The first-order valence-corrected chi connectivity index (χ1v) is 3.97. The molecular formula is C6H6ClN3O3. The summed E-state index contributed by atoms with van der Waals surface area (Å²) in [6.45, 7) is 0. The van der Waals surface area contributed by atoms with Crippen molar-refractivity contribution in [3.63, 3.8) is 0 Å². The number of nitroso groups, excluding NO2 is 1. The summed E-state index contributed by atoms with van der Waals surface area (Å²) in [6, 6.07) is 0. The number of aryl methyl sites for hydroxylation is 1. The Bertz CT molecular complexity index is 422. The molecular weight excluding hydrogens is 198 g/mol. The van der Waals surface area contributed by atoms with Gasteiger partial charge in [-0.3, -0.25) is 9.78 Å². The number of aromatic nitrogens is 2. The molecule has 0 saturated carbocycles. The van der Waals surface area contributed by atoms with E-state index in [0.717, 1.165) is 0 Å². The number of hydrogen-bond acceptors (Lipinski definition) is 4. The standard InChI is InChI=1S/C6H6ClN3O3/c7-2-1-3-4(10-13)5(11)9-6(12)8-3/h1-2H2,(H2,8,9,11,12). The summed E-state index contributed by atoms with van der Waals surface area (Å²) in [5.74, 6) is 0.196. The van der Waals surface area contributed by atoms with Gasteiger partial charge >= 0.3 is 5.69 Å². The minimum Gasteiger partial charge on any atom is -0.309 e. The van der Waals surface area contributed by atoms with Crippen molar-refractivity contribution in [3.05, 3.63) is 31.4 Å². The molecule has 6 nitrogen and oxygen atoms in total. The van der Waals surface area contributed by atoms with E-state index in [2.05, 4.69) is 10.2 Å². The lowest BCUT2D eigenvalue weighted by molar-refractivity contribution is 0.936. The molecule has 0 aromatic carbocycles. The van der Waals surface area contributed by atoms with Crippen LogP contribution >= 0.6 is 11.6 Å². The molecule has 7 heteroatoms. The number of aromatic amines is 2. The molecule has 0 aliphatic rings. The maximum absolute atomic E-state index is 11.0. The van der Waals surface area contributed by atoms with Crippen LogP contribution in [0.25, 0.3) is 0 Å². The van der Waals surface area contributed by atoms with Gasteiger partial charge < -0.3 is 4.98 Å². The van der Waals surface area contributed by atoms with Gasteiger partial charge in [0, 0.05) is 12.3 Å². The average Bonchev–Trinajstić information content (AvgIpc) is 2.04. The van der Waals surface area contributed by atoms with Gasteiger partial charge in [-0.2, -0.15) is 0 Å². The van der Waals surface area contributed by atoms with Crippen molar-refractivity contribution in [1.82, 2.24) is 9.97 Å². The number of hydrogen-bond donors (Lipinski definition) is 2. The Morgan fingerprint density at radius 2 is 2.00 bits per heavy atom. The van der Waals surface area contributed by atoms with Gasteiger partial charge in [0.25, 0.3) is 5.56 Å². The quantitative estimate of drug-likeness (QED) is 0.544. The fraction of sp³-hybridized carbons (Fsp3) is 0.333. The van der Waals surface area contributed by atoms with E-state index in [1.54, 1.807) is 0 Å². The minimum atomic E-state index is -0.793. The van der Waals surface area contributed by atoms with Crippen LogP contribution in [0.15, 0.2) is 14.8 Å². The second-order valence-corrected chi connectivity index (χ2v) is 2.64. The normalized spacial score (nSPS) is 9.92. The Labute approximate surface area is 76.9 Å². The van der Waals surface area contributed by atoms with Gasteiger partial charge in [-0.05, 0) is 5.18 Å². The Morgan fingerprint density at radius 3 is 2.54 bits per heavy atom. The Hall–Kier alpha value is -1.43. The van der Waals surface area contributed by atoms with Crippen LogP contribution in [0.1, 0.15) is 5.69 Å². The highest BCUT2D eigenvalue weighted by Gasteiger charge is 2.08. The van der Waals surface area contributed by atoms with Crippen molar-refractivity contribution in [3.8, 4) is 0 Å². The molecule has 0 radical (unpaired) electrons. The predicted octanol–water partition coefficient (Wildman–Crippen LogP) is 0.242. The highest BCUT2D eigenvalue weighted by molar-refractivity contribution is 6.18. The van der Waals surface area contributed by atoms with Gasteiger partial charge in [0.1, 0.15) is 0 Å². The van der Waals surface area contributed by atoms with Crippen LogP contribution in [-0.4, -0.2) is 15.8 Å². The smallest absolute Gasteiger partial charge is 0.309 e. The number of H-pyrrole nitrogens is 2. The summed E-state index contributed by atoms with van der Waals surface area (Å²) >= 11 is 5.39. The summed E-state index contributed by atoms with van der Waals surface area (Å²) in [5, 5.41) is 2.51. The Kier molecular flexibility index (Phi) is 2.97. The predicted molar refractivity (Wildman–Crippen MR) is 47.6 cm³/mol. The highest BCUT2D eigenvalue weighted by atomic mass is 35.5. The molecule has 1 aromatic rings. The molecule has 1 heterocycles. The first-order valence-electron chi connectivity index (χ1n) is 3.44. The van der Waals surface area contributed by atoms with Gasteiger partial charge in [-0.25, -0.2) is 4.79 Å². The van der Waals surface area contributed by atoms with Gasteiger partial charge in [-0.1, -0.05) is 0 Å². The largest absolute Gasteiger partial charge is 0.326 e. The van der Waals surface area contributed by atoms with Crippen molar-refractivity contribution in [2.45, 2.75) is 6.42 Å². The Balaban J connectivity index is 3.38. The number of nitrogens with one attached hydrogen (secondary N) is 2. The van der Waals surface area contributed by atoms with Crippen molar-refractivity contribution < 1.29 is 0 Å². The molecule has 13 heavy (non-hydrogen) atoms. The van der Waals surface area contributed by atoms with E-state index in [9.17, 15) is 14.5 Å². The van der Waals surface area contributed by atoms with Crippen LogP contribution in [0.4, 0.5) is 5.69 Å². The summed E-state index contributed by atoms with van der Waals surface area (Å²) in [6.07, 6.45) is 0.224. The molecule has 0 saturated heterocycles. The number of alkyl halides is 1. The molecule has 70 valence electrons. The average molecular weight is 204 g/mol. The van der Waals surface area contributed by atoms with Crippen LogP contribution in [0.3, 0.4) is 0 Å². The van der Waals surface area contributed by atoms with E-state index >= 15 is 0 Å². The van der Waals surface area contributed by atoms with Crippen LogP contribution in [0.2, 0.25) is 0 Å². The molecule has 0 bridgehead atoms. The van der Waals surface area contributed by atoms with Crippen LogP contribution in [0, 0.1) is 4.91 Å². The third-order valence-corrected chi connectivity index (χ3v) is 1.62. The van der Waals surface area contributed by atoms with E-state index in [1.807, 2.05) is 4.98 Å². The topological polar surface area (TPSA) is 95.2 Å². The monoisotopic (exact) mass is 203 g/mol. The second kappa shape index (κ2) is 3.99. The number of halogens is 1. The first-order chi connectivity index (χ1) is 6.19. The zero-order chi connectivity index (χ0) is 9.84. The summed E-state index contributed by atoms with van der Waals surface area (Å²) in [7, 11) is 0. The van der Waals surface area contributed by atoms with Crippen molar-refractivity contribution in [1.29, 1.82) is 0 Å². The van der Waals surface area contributed by atoms with Gasteiger partial charge in [-0.15, -0.1) is 16.5 Å². The van der Waals surface area contributed by atoms with Crippen LogP contribution in [-0.2, 0) is 6.42 Å². The van der Waals surface area contributed by atoms with Gasteiger partial charge in [0.15, 0.2) is 5.69 Å². The van der Waals surface area contributed by atoms with Crippen molar-refractivity contribution in [2.75, 3.05) is 5.88 Å². The zero-order valence-corrected chi connectivity index (χ0v) is 7.22. The fourth-order valence-corrected chi connectivity index (χ4v) is 1.09. The van der Waals surface area contributed by atoms with Crippen LogP contribution < -0.4 is 11.2 Å². The fourth-order valence-electron chi connectivity index (χ4n) is 0.899. The zero-order valence-electron chi connectivity index (χ0n) is 6.46. The first kappa shape index (κ1) is 9.66. The second-order valence-electron chi connectivity index (χ2n) is 2.27. The van der Waals surface area contributed by atoms with E-state index in [-0.39, 0.29) is 23.7 Å². The lowest BCUT2D eigenvalue weighted by Crippen LogP contribution is -2.24.